The predicted molar refractivity (Wildman–Crippen MR) is 88.1 cm³/mol. The zero-order valence-electron chi connectivity index (χ0n) is 12.6. The molecule has 0 radical (unpaired) electrons. The SMILES string of the molecule is CCCN(CC1CCNCC1)c1ccc(C(N)=O)cc1Cl. The monoisotopic (exact) mass is 309 g/mol. The van der Waals surface area contributed by atoms with E-state index in [2.05, 4.69) is 17.1 Å². The Bertz CT molecular complexity index is 486. The van der Waals surface area contributed by atoms with Gasteiger partial charge >= 0.3 is 0 Å². The van der Waals surface area contributed by atoms with E-state index in [9.17, 15) is 4.79 Å². The first-order chi connectivity index (χ1) is 10.1. The molecule has 1 saturated heterocycles. The molecule has 0 spiro atoms. The number of nitrogens with one attached hydrogen (secondary N) is 1. The number of rotatable bonds is 6. The summed E-state index contributed by atoms with van der Waals surface area (Å²) in [5, 5.41) is 4.00. The highest BCUT2D eigenvalue weighted by Crippen LogP contribution is 2.29. The van der Waals surface area contributed by atoms with Crippen LogP contribution in [0.5, 0.6) is 0 Å². The van der Waals surface area contributed by atoms with E-state index >= 15 is 0 Å². The second kappa shape index (κ2) is 7.66. The lowest BCUT2D eigenvalue weighted by Crippen LogP contribution is -2.36. The van der Waals surface area contributed by atoms with E-state index in [1.165, 1.54) is 12.8 Å². The molecular formula is C16H24ClN3O. The van der Waals surface area contributed by atoms with Crippen LogP contribution in [0.15, 0.2) is 18.2 Å². The molecule has 0 saturated carbocycles. The van der Waals surface area contributed by atoms with Crippen LogP contribution in [0.25, 0.3) is 0 Å². The standard InChI is InChI=1S/C16H24ClN3O/c1-2-9-20(11-12-5-7-19-8-6-12)15-4-3-13(16(18)21)10-14(15)17/h3-4,10,12,19H,2,5-9,11H2,1H3,(H2,18,21). The molecule has 3 N–H and O–H groups in total. The van der Waals surface area contributed by atoms with Gasteiger partial charge in [0.2, 0.25) is 5.91 Å². The number of hydrogen-bond acceptors (Lipinski definition) is 3. The maximum absolute atomic E-state index is 11.2. The lowest BCUT2D eigenvalue weighted by molar-refractivity contribution is 0.100. The summed E-state index contributed by atoms with van der Waals surface area (Å²) in [4.78, 5) is 13.6. The van der Waals surface area contributed by atoms with Crippen molar-refractivity contribution in [2.75, 3.05) is 31.1 Å². The number of amides is 1. The molecular weight excluding hydrogens is 286 g/mol. The van der Waals surface area contributed by atoms with Crippen LogP contribution in [0.3, 0.4) is 0 Å². The van der Waals surface area contributed by atoms with Gasteiger partial charge in [0.05, 0.1) is 10.7 Å². The minimum Gasteiger partial charge on any atom is -0.370 e. The van der Waals surface area contributed by atoms with Crippen LogP contribution >= 0.6 is 11.6 Å². The number of carbonyl (C=O) groups excluding carboxylic acids is 1. The van der Waals surface area contributed by atoms with Crippen molar-refractivity contribution < 1.29 is 4.79 Å². The summed E-state index contributed by atoms with van der Waals surface area (Å²) in [6, 6.07) is 5.35. The second-order valence-corrected chi connectivity index (χ2v) is 6.08. The smallest absolute Gasteiger partial charge is 0.248 e. The van der Waals surface area contributed by atoms with Gasteiger partial charge in [0.15, 0.2) is 0 Å². The molecule has 5 heteroatoms. The Morgan fingerprint density at radius 2 is 2.14 bits per heavy atom. The fourth-order valence-corrected chi connectivity index (χ4v) is 3.17. The van der Waals surface area contributed by atoms with E-state index in [1.807, 2.05) is 6.07 Å². The molecule has 0 atom stereocenters. The van der Waals surface area contributed by atoms with Gasteiger partial charge in [-0.05, 0) is 56.5 Å². The Hall–Kier alpha value is -1.26. The van der Waals surface area contributed by atoms with E-state index in [4.69, 9.17) is 17.3 Å². The van der Waals surface area contributed by atoms with Crippen molar-refractivity contribution in [3.8, 4) is 0 Å². The van der Waals surface area contributed by atoms with Crippen molar-refractivity contribution in [1.82, 2.24) is 5.32 Å². The summed E-state index contributed by atoms with van der Waals surface area (Å²) in [6.45, 7) is 6.35. The number of nitrogens with zero attached hydrogens (tertiary/aromatic N) is 1. The Balaban J connectivity index is 2.14. The number of anilines is 1. The van der Waals surface area contributed by atoms with E-state index in [0.717, 1.165) is 38.3 Å². The fourth-order valence-electron chi connectivity index (χ4n) is 2.87. The van der Waals surface area contributed by atoms with Crippen molar-refractivity contribution in [2.45, 2.75) is 26.2 Å². The Morgan fingerprint density at radius 1 is 1.43 bits per heavy atom. The molecule has 1 aromatic rings. The lowest BCUT2D eigenvalue weighted by Gasteiger charge is -2.32. The van der Waals surface area contributed by atoms with Gasteiger partial charge in [-0.25, -0.2) is 0 Å². The number of nitrogens with two attached hydrogens (primary N) is 1. The molecule has 0 bridgehead atoms. The summed E-state index contributed by atoms with van der Waals surface area (Å²) in [7, 11) is 0. The van der Waals surface area contributed by atoms with Crippen molar-refractivity contribution in [3.05, 3.63) is 28.8 Å². The Labute approximate surface area is 131 Å². The highest BCUT2D eigenvalue weighted by atomic mass is 35.5. The van der Waals surface area contributed by atoms with Gasteiger partial charge in [-0.3, -0.25) is 4.79 Å². The van der Waals surface area contributed by atoms with Gasteiger partial charge in [-0.1, -0.05) is 18.5 Å². The minimum atomic E-state index is -0.441. The number of piperidine rings is 1. The van der Waals surface area contributed by atoms with E-state index in [-0.39, 0.29) is 0 Å². The Morgan fingerprint density at radius 3 is 2.71 bits per heavy atom. The van der Waals surface area contributed by atoms with Crippen LogP contribution in [0, 0.1) is 5.92 Å². The van der Waals surface area contributed by atoms with Crippen molar-refractivity contribution in [2.24, 2.45) is 11.7 Å². The molecule has 1 aromatic carbocycles. The molecule has 1 amide bonds. The predicted octanol–water partition coefficient (Wildman–Crippen LogP) is 2.65. The van der Waals surface area contributed by atoms with E-state index < -0.39 is 5.91 Å². The van der Waals surface area contributed by atoms with Crippen LogP contribution in [0.2, 0.25) is 5.02 Å². The molecule has 116 valence electrons. The van der Waals surface area contributed by atoms with Crippen LogP contribution in [-0.2, 0) is 0 Å². The van der Waals surface area contributed by atoms with Gasteiger partial charge in [-0.2, -0.15) is 0 Å². The van der Waals surface area contributed by atoms with Gasteiger partial charge < -0.3 is 16.0 Å². The summed E-state index contributed by atoms with van der Waals surface area (Å²) >= 11 is 6.36. The van der Waals surface area contributed by atoms with Gasteiger partial charge in [0.1, 0.15) is 0 Å². The molecule has 1 aliphatic heterocycles. The molecule has 0 aliphatic carbocycles. The lowest BCUT2D eigenvalue weighted by atomic mass is 9.97. The first-order valence-corrected chi connectivity index (χ1v) is 8.04. The minimum absolute atomic E-state index is 0.441. The van der Waals surface area contributed by atoms with Crippen LogP contribution in [0.4, 0.5) is 5.69 Å². The average Bonchev–Trinajstić information content (AvgIpc) is 2.48. The number of primary amides is 1. The largest absolute Gasteiger partial charge is 0.370 e. The van der Waals surface area contributed by atoms with E-state index in [1.54, 1.807) is 12.1 Å². The second-order valence-electron chi connectivity index (χ2n) is 5.67. The third-order valence-electron chi connectivity index (χ3n) is 4.00. The summed E-state index contributed by atoms with van der Waals surface area (Å²) < 4.78 is 0. The third-order valence-corrected chi connectivity index (χ3v) is 4.31. The summed E-state index contributed by atoms with van der Waals surface area (Å²) in [5.74, 6) is 0.258. The van der Waals surface area contributed by atoms with Crippen LogP contribution < -0.4 is 16.0 Å². The molecule has 1 heterocycles. The molecule has 0 unspecified atom stereocenters. The fraction of sp³-hybridized carbons (Fsp3) is 0.562. The molecule has 1 aliphatic rings. The molecule has 2 rings (SSSR count). The number of hydrogen-bond donors (Lipinski definition) is 2. The first kappa shape index (κ1) is 16.1. The molecule has 21 heavy (non-hydrogen) atoms. The van der Waals surface area contributed by atoms with Crippen molar-refractivity contribution in [3.63, 3.8) is 0 Å². The quantitative estimate of drug-likeness (QED) is 0.849. The number of carbonyl (C=O) groups is 1. The number of benzene rings is 1. The van der Waals surface area contributed by atoms with Gasteiger partial charge in [0.25, 0.3) is 0 Å². The zero-order chi connectivity index (χ0) is 15.2. The van der Waals surface area contributed by atoms with Crippen molar-refractivity contribution >= 4 is 23.2 Å². The molecule has 1 fully saturated rings. The highest BCUT2D eigenvalue weighted by molar-refractivity contribution is 6.33. The topological polar surface area (TPSA) is 58.4 Å². The van der Waals surface area contributed by atoms with Crippen LogP contribution in [-0.4, -0.2) is 32.1 Å². The molecule has 4 nitrogen and oxygen atoms in total. The maximum Gasteiger partial charge on any atom is 0.248 e. The van der Waals surface area contributed by atoms with Crippen LogP contribution in [0.1, 0.15) is 36.5 Å². The van der Waals surface area contributed by atoms with Gasteiger partial charge in [0, 0.05) is 18.7 Å². The van der Waals surface area contributed by atoms with Gasteiger partial charge in [-0.15, -0.1) is 0 Å². The van der Waals surface area contributed by atoms with Crippen molar-refractivity contribution in [1.29, 1.82) is 0 Å². The summed E-state index contributed by atoms with van der Waals surface area (Å²) in [5.41, 5.74) is 6.76. The zero-order valence-corrected chi connectivity index (χ0v) is 13.3. The normalized spacial score (nSPS) is 15.9. The highest BCUT2D eigenvalue weighted by Gasteiger charge is 2.19. The first-order valence-electron chi connectivity index (χ1n) is 7.66. The third kappa shape index (κ3) is 4.35. The summed E-state index contributed by atoms with van der Waals surface area (Å²) in [6.07, 6.45) is 3.48. The maximum atomic E-state index is 11.2. The molecule has 0 aromatic heterocycles. The van der Waals surface area contributed by atoms with E-state index in [0.29, 0.717) is 16.5 Å². The average molecular weight is 310 g/mol. The number of halogens is 1. The Kier molecular flexibility index (Phi) is 5.88.